The van der Waals surface area contributed by atoms with Gasteiger partial charge in [0.2, 0.25) is 5.88 Å². The van der Waals surface area contributed by atoms with Crippen molar-refractivity contribution in [2.24, 2.45) is 10.2 Å². The second-order valence-corrected chi connectivity index (χ2v) is 7.94. The fraction of sp³-hybridized carbons (Fsp3) is 0.167. The Bertz CT molecular complexity index is 1030. The number of nitrogens with zero attached hydrogens (tertiary/aromatic N) is 3. The Morgan fingerprint density at radius 3 is 2.50 bits per heavy atom. The summed E-state index contributed by atoms with van der Waals surface area (Å²) in [5.74, 6) is 1.04. The number of benzene rings is 2. The van der Waals surface area contributed by atoms with E-state index < -0.39 is 5.97 Å². The van der Waals surface area contributed by atoms with Crippen LogP contribution in [0.5, 0.6) is 5.88 Å². The van der Waals surface area contributed by atoms with Gasteiger partial charge in [0.25, 0.3) is 0 Å². The van der Waals surface area contributed by atoms with E-state index in [1.165, 1.54) is 12.1 Å². The monoisotopic (exact) mass is 431 g/mol. The molecule has 0 aliphatic carbocycles. The first-order valence-corrected chi connectivity index (χ1v) is 9.84. The minimum Gasteiger partial charge on any atom is -0.493 e. The van der Waals surface area contributed by atoms with Crippen LogP contribution in [0.2, 0.25) is 0 Å². The number of hydrogen-bond donors (Lipinski definition) is 2. The lowest BCUT2D eigenvalue weighted by Crippen LogP contribution is -2.22. The van der Waals surface area contributed by atoms with Crippen LogP contribution in [0, 0.1) is 0 Å². The topological polar surface area (TPSA) is 87.2 Å². The van der Waals surface area contributed by atoms with Crippen LogP contribution >= 0.6 is 27.7 Å². The van der Waals surface area contributed by atoms with E-state index in [4.69, 9.17) is 5.11 Å². The van der Waals surface area contributed by atoms with E-state index in [2.05, 4.69) is 26.2 Å². The fourth-order valence-electron chi connectivity index (χ4n) is 2.88. The highest BCUT2D eigenvalue weighted by atomic mass is 79.9. The van der Waals surface area contributed by atoms with Gasteiger partial charge in [-0.15, -0.1) is 5.11 Å². The van der Waals surface area contributed by atoms with Crippen molar-refractivity contribution >= 4 is 55.9 Å². The second-order valence-electron chi connectivity index (χ2n) is 5.95. The number of carbonyl (C=O) groups is 1. The number of carboxylic acids is 1. The lowest BCUT2D eigenvalue weighted by Gasteiger charge is -2.27. The van der Waals surface area contributed by atoms with Gasteiger partial charge in [0.05, 0.1) is 22.8 Å². The van der Waals surface area contributed by atoms with Gasteiger partial charge in [0.15, 0.2) is 5.69 Å². The van der Waals surface area contributed by atoms with Crippen molar-refractivity contribution in [1.82, 2.24) is 4.57 Å². The number of fused-ring (bicyclic) bond motifs is 1. The standard InChI is InChI=1S/C18H14BrN3O3S/c19-11-3-6-15-14(7-11)16(17(23)22(15)13-8-26-9-13)21-20-12-4-1-10(2-5-12)18(24)25/h1-7,13,23H,8-9H2,(H,24,25). The third-order valence-electron chi connectivity index (χ3n) is 4.28. The molecule has 2 heterocycles. The number of hydrogen-bond acceptors (Lipinski definition) is 5. The van der Waals surface area contributed by atoms with Gasteiger partial charge in [-0.25, -0.2) is 4.79 Å². The van der Waals surface area contributed by atoms with Gasteiger partial charge in [-0.2, -0.15) is 16.9 Å². The van der Waals surface area contributed by atoms with Crippen molar-refractivity contribution in [3.05, 3.63) is 52.5 Å². The molecule has 26 heavy (non-hydrogen) atoms. The Hall–Kier alpha value is -2.32. The first kappa shape index (κ1) is 17.1. The molecule has 0 saturated carbocycles. The largest absolute Gasteiger partial charge is 0.493 e. The lowest BCUT2D eigenvalue weighted by molar-refractivity contribution is 0.0697. The maximum Gasteiger partial charge on any atom is 0.335 e. The Morgan fingerprint density at radius 2 is 1.88 bits per heavy atom. The van der Waals surface area contributed by atoms with E-state index in [1.54, 1.807) is 12.1 Å². The second kappa shape index (κ2) is 6.77. The average Bonchev–Trinajstić information content (AvgIpc) is 2.84. The van der Waals surface area contributed by atoms with Crippen molar-refractivity contribution < 1.29 is 15.0 Å². The maximum absolute atomic E-state index is 10.9. The predicted molar refractivity (Wildman–Crippen MR) is 105 cm³/mol. The van der Waals surface area contributed by atoms with E-state index >= 15 is 0 Å². The molecule has 1 aromatic heterocycles. The van der Waals surface area contributed by atoms with Crippen LogP contribution < -0.4 is 0 Å². The lowest BCUT2D eigenvalue weighted by atomic mass is 10.2. The van der Waals surface area contributed by atoms with Crippen LogP contribution in [0.25, 0.3) is 10.9 Å². The van der Waals surface area contributed by atoms with Gasteiger partial charge >= 0.3 is 5.97 Å². The van der Waals surface area contributed by atoms with Crippen LogP contribution in [0.4, 0.5) is 11.4 Å². The number of aromatic hydroxyl groups is 1. The number of thioether (sulfide) groups is 1. The molecule has 0 bridgehead atoms. The maximum atomic E-state index is 10.9. The van der Waals surface area contributed by atoms with Crippen molar-refractivity contribution in [2.45, 2.75) is 6.04 Å². The molecule has 4 rings (SSSR count). The SMILES string of the molecule is O=C(O)c1ccc(N=Nc2c(O)n(C3CSC3)c3ccc(Br)cc23)cc1. The summed E-state index contributed by atoms with van der Waals surface area (Å²) in [6.07, 6.45) is 0. The number of halogens is 1. The van der Waals surface area contributed by atoms with Crippen LogP contribution in [-0.2, 0) is 0 Å². The molecule has 1 saturated heterocycles. The highest BCUT2D eigenvalue weighted by Gasteiger charge is 2.27. The van der Waals surface area contributed by atoms with E-state index in [9.17, 15) is 9.90 Å². The molecule has 2 N–H and O–H groups in total. The summed E-state index contributed by atoms with van der Waals surface area (Å²) in [5.41, 5.74) is 2.05. The van der Waals surface area contributed by atoms with Gasteiger partial charge in [-0.3, -0.25) is 0 Å². The molecule has 0 spiro atoms. The van der Waals surface area contributed by atoms with Crippen LogP contribution in [0.3, 0.4) is 0 Å². The van der Waals surface area contributed by atoms with Gasteiger partial charge in [-0.05, 0) is 42.5 Å². The van der Waals surface area contributed by atoms with Gasteiger partial charge in [0.1, 0.15) is 0 Å². The van der Waals surface area contributed by atoms with Crippen molar-refractivity contribution in [3.63, 3.8) is 0 Å². The number of aromatic nitrogens is 1. The summed E-state index contributed by atoms with van der Waals surface area (Å²) in [4.78, 5) is 10.9. The Balaban J connectivity index is 1.76. The average molecular weight is 432 g/mol. The molecule has 0 radical (unpaired) electrons. The Labute approximate surface area is 161 Å². The zero-order chi connectivity index (χ0) is 18.3. The Morgan fingerprint density at radius 1 is 1.15 bits per heavy atom. The van der Waals surface area contributed by atoms with Crippen LogP contribution in [-0.4, -0.2) is 32.3 Å². The molecule has 6 nitrogen and oxygen atoms in total. The van der Waals surface area contributed by atoms with Crippen molar-refractivity contribution in [1.29, 1.82) is 0 Å². The molecule has 3 aromatic rings. The number of rotatable bonds is 4. The summed E-state index contributed by atoms with van der Waals surface area (Å²) in [6.45, 7) is 0. The van der Waals surface area contributed by atoms with Crippen LogP contribution in [0.1, 0.15) is 16.4 Å². The number of azo groups is 1. The first-order chi connectivity index (χ1) is 12.5. The molecule has 132 valence electrons. The summed E-state index contributed by atoms with van der Waals surface area (Å²) in [6, 6.07) is 12.2. The third kappa shape index (κ3) is 2.99. The minimum absolute atomic E-state index is 0.106. The molecule has 0 unspecified atom stereocenters. The minimum atomic E-state index is -0.988. The third-order valence-corrected chi connectivity index (χ3v) is 6.01. The van der Waals surface area contributed by atoms with E-state index in [0.29, 0.717) is 11.4 Å². The Kier molecular flexibility index (Phi) is 4.46. The summed E-state index contributed by atoms with van der Waals surface area (Å²) < 4.78 is 2.81. The number of aromatic carboxylic acids is 1. The molecular formula is C18H14BrN3O3S. The van der Waals surface area contributed by atoms with Gasteiger partial charge in [-0.1, -0.05) is 15.9 Å². The molecule has 1 aliphatic rings. The summed E-state index contributed by atoms with van der Waals surface area (Å²) in [7, 11) is 0. The first-order valence-electron chi connectivity index (χ1n) is 7.90. The highest BCUT2D eigenvalue weighted by Crippen LogP contribution is 2.45. The zero-order valence-corrected chi connectivity index (χ0v) is 15.9. The molecule has 8 heteroatoms. The van der Waals surface area contributed by atoms with E-state index in [0.717, 1.165) is 26.9 Å². The normalized spacial score (nSPS) is 14.8. The quantitative estimate of drug-likeness (QED) is 0.532. The van der Waals surface area contributed by atoms with Gasteiger partial charge in [0, 0.05) is 21.4 Å². The highest BCUT2D eigenvalue weighted by molar-refractivity contribution is 9.10. The fourth-order valence-corrected chi connectivity index (χ4v) is 3.98. The summed E-state index contributed by atoms with van der Waals surface area (Å²) >= 11 is 5.30. The molecule has 1 fully saturated rings. The van der Waals surface area contributed by atoms with Crippen LogP contribution in [0.15, 0.2) is 57.2 Å². The van der Waals surface area contributed by atoms with E-state index in [-0.39, 0.29) is 17.5 Å². The molecule has 2 aromatic carbocycles. The predicted octanol–water partition coefficient (Wildman–Crippen LogP) is 5.51. The molecule has 1 aliphatic heterocycles. The molecule has 0 amide bonds. The number of carboxylic acid groups (broad SMARTS) is 1. The molecule has 0 atom stereocenters. The summed E-state index contributed by atoms with van der Waals surface area (Å²) in [5, 5.41) is 28.9. The zero-order valence-electron chi connectivity index (χ0n) is 13.5. The van der Waals surface area contributed by atoms with Crippen molar-refractivity contribution in [2.75, 3.05) is 11.5 Å². The van der Waals surface area contributed by atoms with E-state index in [1.807, 2.05) is 34.5 Å². The smallest absolute Gasteiger partial charge is 0.335 e. The molecular weight excluding hydrogens is 418 g/mol. The van der Waals surface area contributed by atoms with Gasteiger partial charge < -0.3 is 14.8 Å². The van der Waals surface area contributed by atoms with Crippen molar-refractivity contribution in [3.8, 4) is 5.88 Å².